The average molecular weight is 268 g/mol. The van der Waals surface area contributed by atoms with E-state index in [0.717, 1.165) is 45.4 Å². The number of aliphatic hydroxyl groups excluding tert-OH is 1. The fraction of sp³-hybridized carbons (Fsp3) is 0.933. The number of amides is 1. The molecule has 4 nitrogen and oxygen atoms in total. The second-order valence-electron chi connectivity index (χ2n) is 7.00. The molecular weight excluding hydrogens is 240 g/mol. The number of hydrogen-bond acceptors (Lipinski definition) is 3. The largest absolute Gasteiger partial charge is 0.391 e. The van der Waals surface area contributed by atoms with E-state index in [1.807, 2.05) is 25.7 Å². The topological polar surface area (TPSA) is 43.8 Å². The summed E-state index contributed by atoms with van der Waals surface area (Å²) in [6, 6.07) is 0.320. The molecule has 4 heteroatoms. The third kappa shape index (κ3) is 3.48. The molecule has 1 aliphatic heterocycles. The van der Waals surface area contributed by atoms with Gasteiger partial charge in [0.25, 0.3) is 0 Å². The monoisotopic (exact) mass is 268 g/mol. The Labute approximate surface area is 116 Å². The maximum atomic E-state index is 12.2. The van der Waals surface area contributed by atoms with E-state index >= 15 is 0 Å². The number of aliphatic hydroxyl groups is 1. The van der Waals surface area contributed by atoms with Crippen LogP contribution in [0.4, 0.5) is 0 Å². The highest BCUT2D eigenvalue weighted by atomic mass is 16.3. The molecule has 19 heavy (non-hydrogen) atoms. The van der Waals surface area contributed by atoms with E-state index < -0.39 is 0 Å². The second kappa shape index (κ2) is 5.80. The van der Waals surface area contributed by atoms with Crippen LogP contribution in [0.5, 0.6) is 0 Å². The zero-order valence-corrected chi connectivity index (χ0v) is 12.6. The molecular formula is C15H28N2O2. The zero-order chi connectivity index (χ0) is 14.0. The first-order valence-electron chi connectivity index (χ1n) is 7.61. The van der Waals surface area contributed by atoms with Gasteiger partial charge >= 0.3 is 0 Å². The average Bonchev–Trinajstić information content (AvgIpc) is 2.38. The number of rotatable bonds is 1. The highest BCUT2D eigenvalue weighted by Crippen LogP contribution is 2.25. The van der Waals surface area contributed by atoms with Crippen molar-refractivity contribution in [2.45, 2.75) is 58.6 Å². The van der Waals surface area contributed by atoms with Crippen molar-refractivity contribution in [3.8, 4) is 0 Å². The molecule has 0 radical (unpaired) electrons. The Morgan fingerprint density at radius 2 is 1.63 bits per heavy atom. The number of carbonyl (C=O) groups excluding carboxylic acids is 1. The summed E-state index contributed by atoms with van der Waals surface area (Å²) in [6.07, 6.45) is 4.25. The van der Waals surface area contributed by atoms with E-state index in [2.05, 4.69) is 4.90 Å². The predicted molar refractivity (Wildman–Crippen MR) is 75.9 cm³/mol. The quantitative estimate of drug-likeness (QED) is 0.783. The van der Waals surface area contributed by atoms with Gasteiger partial charge in [-0.15, -0.1) is 0 Å². The minimum absolute atomic E-state index is 0.168. The minimum atomic E-state index is -0.285. The Bertz CT molecular complexity index is 317. The van der Waals surface area contributed by atoms with E-state index in [1.54, 1.807) is 0 Å². The van der Waals surface area contributed by atoms with Crippen molar-refractivity contribution in [1.82, 2.24) is 9.80 Å². The molecule has 2 aliphatic rings. The molecule has 1 saturated carbocycles. The molecule has 0 aromatic heterocycles. The van der Waals surface area contributed by atoms with Gasteiger partial charge in [0, 0.05) is 37.6 Å². The molecule has 2 atom stereocenters. The van der Waals surface area contributed by atoms with Gasteiger partial charge in [0.1, 0.15) is 0 Å². The van der Waals surface area contributed by atoms with Gasteiger partial charge in [-0.05, 0) is 12.8 Å². The van der Waals surface area contributed by atoms with Gasteiger partial charge in [-0.25, -0.2) is 0 Å². The van der Waals surface area contributed by atoms with Crippen LogP contribution in [0.25, 0.3) is 0 Å². The molecule has 2 fully saturated rings. The summed E-state index contributed by atoms with van der Waals surface area (Å²) in [6.45, 7) is 9.36. The SMILES string of the molecule is CC(C)(C)C(=O)N1CCN(C2CCCCC2O)CC1. The summed E-state index contributed by atoms with van der Waals surface area (Å²) in [5, 5.41) is 10.1. The first-order valence-corrected chi connectivity index (χ1v) is 7.61. The number of hydrogen-bond donors (Lipinski definition) is 1. The van der Waals surface area contributed by atoms with Crippen molar-refractivity contribution in [1.29, 1.82) is 0 Å². The van der Waals surface area contributed by atoms with Gasteiger partial charge in [-0.2, -0.15) is 0 Å². The fourth-order valence-electron chi connectivity index (χ4n) is 3.25. The molecule has 2 rings (SSSR count). The lowest BCUT2D eigenvalue weighted by Crippen LogP contribution is -2.56. The summed E-state index contributed by atoms with van der Waals surface area (Å²) >= 11 is 0. The first-order chi connectivity index (χ1) is 8.89. The maximum Gasteiger partial charge on any atom is 0.228 e. The molecule has 1 N–H and O–H groups in total. The number of piperazine rings is 1. The van der Waals surface area contributed by atoms with Crippen molar-refractivity contribution >= 4 is 5.91 Å². The zero-order valence-electron chi connectivity index (χ0n) is 12.6. The lowest BCUT2D eigenvalue weighted by Gasteiger charge is -2.43. The smallest absolute Gasteiger partial charge is 0.228 e. The van der Waals surface area contributed by atoms with E-state index in [9.17, 15) is 9.90 Å². The van der Waals surface area contributed by atoms with Crippen LogP contribution in [-0.4, -0.2) is 59.1 Å². The Morgan fingerprint density at radius 1 is 1.05 bits per heavy atom. The number of nitrogens with zero attached hydrogens (tertiary/aromatic N) is 2. The van der Waals surface area contributed by atoms with Crippen LogP contribution in [0.15, 0.2) is 0 Å². The van der Waals surface area contributed by atoms with E-state index in [1.165, 1.54) is 6.42 Å². The summed E-state index contributed by atoms with van der Waals surface area (Å²) in [5.41, 5.74) is -0.285. The third-order valence-corrected chi connectivity index (χ3v) is 4.41. The van der Waals surface area contributed by atoms with Crippen molar-refractivity contribution in [3.05, 3.63) is 0 Å². The normalized spacial score (nSPS) is 30.4. The van der Waals surface area contributed by atoms with Crippen LogP contribution < -0.4 is 0 Å². The second-order valence-corrected chi connectivity index (χ2v) is 7.00. The highest BCUT2D eigenvalue weighted by Gasteiger charge is 2.34. The first kappa shape index (κ1) is 14.8. The number of carbonyl (C=O) groups is 1. The minimum Gasteiger partial charge on any atom is -0.391 e. The van der Waals surface area contributed by atoms with Crippen LogP contribution in [0.2, 0.25) is 0 Å². The lowest BCUT2D eigenvalue weighted by molar-refractivity contribution is -0.142. The molecule has 2 unspecified atom stereocenters. The lowest BCUT2D eigenvalue weighted by atomic mass is 9.90. The van der Waals surface area contributed by atoms with E-state index in [4.69, 9.17) is 0 Å². The summed E-state index contributed by atoms with van der Waals surface area (Å²) < 4.78 is 0. The van der Waals surface area contributed by atoms with Gasteiger partial charge < -0.3 is 10.0 Å². The molecule has 1 aliphatic carbocycles. The van der Waals surface area contributed by atoms with Crippen molar-refractivity contribution in [2.24, 2.45) is 5.41 Å². The van der Waals surface area contributed by atoms with Crippen molar-refractivity contribution in [3.63, 3.8) is 0 Å². The summed E-state index contributed by atoms with van der Waals surface area (Å²) in [4.78, 5) is 16.6. The fourth-order valence-corrected chi connectivity index (χ4v) is 3.25. The Kier molecular flexibility index (Phi) is 4.51. The molecule has 0 bridgehead atoms. The third-order valence-electron chi connectivity index (χ3n) is 4.41. The van der Waals surface area contributed by atoms with E-state index in [0.29, 0.717) is 6.04 Å². The molecule has 0 spiro atoms. The van der Waals surface area contributed by atoms with Crippen molar-refractivity contribution in [2.75, 3.05) is 26.2 Å². The van der Waals surface area contributed by atoms with Gasteiger partial charge in [-0.1, -0.05) is 33.6 Å². The summed E-state index contributed by atoms with van der Waals surface area (Å²) in [5.74, 6) is 0.247. The molecule has 1 heterocycles. The molecule has 1 saturated heterocycles. The van der Waals surface area contributed by atoms with Gasteiger partial charge in [0.05, 0.1) is 6.10 Å². The van der Waals surface area contributed by atoms with Gasteiger partial charge in [-0.3, -0.25) is 9.69 Å². The van der Waals surface area contributed by atoms with Crippen LogP contribution >= 0.6 is 0 Å². The van der Waals surface area contributed by atoms with E-state index in [-0.39, 0.29) is 17.4 Å². The Balaban J connectivity index is 1.87. The molecule has 0 aromatic carbocycles. The van der Waals surface area contributed by atoms with Crippen LogP contribution in [0.3, 0.4) is 0 Å². The van der Waals surface area contributed by atoms with Crippen LogP contribution in [0, 0.1) is 5.41 Å². The Morgan fingerprint density at radius 3 is 2.16 bits per heavy atom. The Hall–Kier alpha value is -0.610. The summed E-state index contributed by atoms with van der Waals surface area (Å²) in [7, 11) is 0. The van der Waals surface area contributed by atoms with Crippen LogP contribution in [-0.2, 0) is 4.79 Å². The van der Waals surface area contributed by atoms with Crippen LogP contribution in [0.1, 0.15) is 46.5 Å². The van der Waals surface area contributed by atoms with Crippen molar-refractivity contribution < 1.29 is 9.90 Å². The maximum absolute atomic E-state index is 12.2. The van der Waals surface area contributed by atoms with Gasteiger partial charge in [0.2, 0.25) is 5.91 Å². The van der Waals surface area contributed by atoms with Gasteiger partial charge in [0.15, 0.2) is 0 Å². The molecule has 0 aromatic rings. The molecule has 110 valence electrons. The highest BCUT2D eigenvalue weighted by molar-refractivity contribution is 5.81. The molecule has 1 amide bonds. The standard InChI is InChI=1S/C15H28N2O2/c1-15(2,3)14(19)17-10-8-16(9-11-17)12-6-4-5-7-13(12)18/h12-13,18H,4-11H2,1-3H3. The predicted octanol–water partition coefficient (Wildman–Crippen LogP) is 1.48.